The second kappa shape index (κ2) is 7.13. The van der Waals surface area contributed by atoms with Crippen molar-refractivity contribution in [1.29, 1.82) is 0 Å². The lowest BCUT2D eigenvalue weighted by Crippen LogP contribution is -2.46. The van der Waals surface area contributed by atoms with Gasteiger partial charge in [0.15, 0.2) is 5.96 Å². The van der Waals surface area contributed by atoms with Crippen molar-refractivity contribution in [3.8, 4) is 0 Å². The molecule has 1 saturated carbocycles. The molecule has 0 amide bonds. The zero-order valence-electron chi connectivity index (χ0n) is 14.2. The van der Waals surface area contributed by atoms with Crippen molar-refractivity contribution < 1.29 is 5.11 Å². The van der Waals surface area contributed by atoms with Crippen molar-refractivity contribution in [2.45, 2.75) is 58.6 Å². The third-order valence-corrected chi connectivity index (χ3v) is 4.52. The molecule has 1 heterocycles. The summed E-state index contributed by atoms with van der Waals surface area (Å²) in [6, 6.07) is 0. The molecule has 0 spiro atoms. The number of nitrogens with zero attached hydrogens (tertiary/aromatic N) is 3. The van der Waals surface area contributed by atoms with Gasteiger partial charge in [-0.2, -0.15) is 5.10 Å². The number of guanidine groups is 1. The molecule has 0 aromatic carbocycles. The minimum absolute atomic E-state index is 0.559. The number of hydrogen-bond donors (Lipinski definition) is 3. The first-order valence-corrected chi connectivity index (χ1v) is 8.19. The van der Waals surface area contributed by atoms with Crippen molar-refractivity contribution in [2.24, 2.45) is 12.0 Å². The molecule has 124 valence electrons. The van der Waals surface area contributed by atoms with Gasteiger partial charge in [0.2, 0.25) is 0 Å². The number of aromatic nitrogens is 2. The van der Waals surface area contributed by atoms with Crippen LogP contribution in [0.3, 0.4) is 0 Å². The Hall–Kier alpha value is -1.56. The van der Waals surface area contributed by atoms with Gasteiger partial charge in [-0.15, -0.1) is 0 Å². The van der Waals surface area contributed by atoms with Crippen LogP contribution in [0.2, 0.25) is 0 Å². The zero-order chi connectivity index (χ0) is 16.2. The number of aryl methyl sites for hydroxylation is 2. The fourth-order valence-corrected chi connectivity index (χ4v) is 3.00. The molecule has 6 nitrogen and oxygen atoms in total. The summed E-state index contributed by atoms with van der Waals surface area (Å²) in [6.07, 6.45) is 3.97. The maximum Gasteiger partial charge on any atom is 0.191 e. The van der Waals surface area contributed by atoms with Gasteiger partial charge in [0.1, 0.15) is 0 Å². The minimum atomic E-state index is -0.573. The molecule has 0 radical (unpaired) electrons. The minimum Gasteiger partial charge on any atom is -0.388 e. The number of rotatable bonds is 5. The maximum atomic E-state index is 10.4. The van der Waals surface area contributed by atoms with Gasteiger partial charge < -0.3 is 15.7 Å². The maximum absolute atomic E-state index is 10.4. The Balaban J connectivity index is 2.00. The lowest BCUT2D eigenvalue weighted by atomic mass is 10.0. The molecule has 0 bridgehead atoms. The van der Waals surface area contributed by atoms with E-state index in [-0.39, 0.29) is 0 Å². The third-order valence-electron chi connectivity index (χ3n) is 4.52. The van der Waals surface area contributed by atoms with Crippen molar-refractivity contribution in [3.63, 3.8) is 0 Å². The standard InChI is InChI=1S/C16H29N5O/c1-5-17-15(19-11-16(22)8-6-7-9-16)18-10-14-12(2)20-21(4)13(14)3/h22H,5-11H2,1-4H3,(H2,17,18,19). The first-order valence-electron chi connectivity index (χ1n) is 8.19. The first-order chi connectivity index (χ1) is 10.4. The van der Waals surface area contributed by atoms with Gasteiger partial charge in [0.25, 0.3) is 0 Å². The fraction of sp³-hybridized carbons (Fsp3) is 0.750. The van der Waals surface area contributed by atoms with Crippen LogP contribution in [0.25, 0.3) is 0 Å². The largest absolute Gasteiger partial charge is 0.388 e. The van der Waals surface area contributed by atoms with Crippen LogP contribution in [0.1, 0.15) is 49.6 Å². The van der Waals surface area contributed by atoms with Gasteiger partial charge in [-0.1, -0.05) is 12.8 Å². The van der Waals surface area contributed by atoms with Crippen LogP contribution in [0.4, 0.5) is 0 Å². The van der Waals surface area contributed by atoms with Crippen molar-refractivity contribution in [2.75, 3.05) is 13.1 Å². The van der Waals surface area contributed by atoms with Crippen LogP contribution < -0.4 is 10.6 Å². The molecular formula is C16H29N5O. The van der Waals surface area contributed by atoms with E-state index in [1.165, 1.54) is 5.56 Å². The molecule has 22 heavy (non-hydrogen) atoms. The highest BCUT2D eigenvalue weighted by Crippen LogP contribution is 2.28. The summed E-state index contributed by atoms with van der Waals surface area (Å²) in [5.41, 5.74) is 2.76. The van der Waals surface area contributed by atoms with Crippen molar-refractivity contribution in [1.82, 2.24) is 20.4 Å². The van der Waals surface area contributed by atoms with Crippen molar-refractivity contribution in [3.05, 3.63) is 17.0 Å². The molecule has 0 aliphatic heterocycles. The van der Waals surface area contributed by atoms with E-state index in [0.29, 0.717) is 13.1 Å². The topological polar surface area (TPSA) is 74.5 Å². The number of aliphatic hydroxyl groups is 1. The van der Waals surface area contributed by atoms with E-state index in [4.69, 9.17) is 0 Å². The Bertz CT molecular complexity index is 529. The normalized spacial score (nSPS) is 17.8. The average molecular weight is 307 g/mol. The Morgan fingerprint density at radius 2 is 2.00 bits per heavy atom. The van der Waals surface area contributed by atoms with Gasteiger partial charge in [-0.25, -0.2) is 4.99 Å². The Kier molecular flexibility index (Phi) is 5.45. The number of nitrogens with one attached hydrogen (secondary N) is 2. The SMILES string of the molecule is CCNC(=NCc1c(C)nn(C)c1C)NCC1(O)CCCC1. The smallest absolute Gasteiger partial charge is 0.191 e. The molecule has 3 N–H and O–H groups in total. The van der Waals surface area contributed by atoms with Crippen molar-refractivity contribution >= 4 is 5.96 Å². The lowest BCUT2D eigenvalue weighted by molar-refractivity contribution is 0.0522. The molecule has 0 unspecified atom stereocenters. The first kappa shape index (κ1) is 16.8. The van der Waals surface area contributed by atoms with E-state index in [1.807, 2.05) is 25.6 Å². The Morgan fingerprint density at radius 1 is 1.32 bits per heavy atom. The lowest BCUT2D eigenvalue weighted by Gasteiger charge is -2.23. The van der Waals surface area contributed by atoms with Crippen LogP contribution in [0.5, 0.6) is 0 Å². The highest BCUT2D eigenvalue weighted by molar-refractivity contribution is 5.79. The molecule has 1 aliphatic carbocycles. The molecule has 6 heteroatoms. The van der Waals surface area contributed by atoms with Gasteiger partial charge in [-0.05, 0) is 33.6 Å². The summed E-state index contributed by atoms with van der Waals surface area (Å²) in [5, 5.41) is 21.4. The summed E-state index contributed by atoms with van der Waals surface area (Å²) < 4.78 is 1.89. The summed E-state index contributed by atoms with van der Waals surface area (Å²) in [5.74, 6) is 0.755. The van der Waals surface area contributed by atoms with Gasteiger partial charge in [0.05, 0.1) is 17.8 Å². The molecule has 1 aromatic rings. The Labute approximate surface area is 133 Å². The van der Waals surface area contributed by atoms with E-state index in [2.05, 4.69) is 27.6 Å². The fourth-order valence-electron chi connectivity index (χ4n) is 3.00. The van der Waals surface area contributed by atoms with E-state index >= 15 is 0 Å². The molecule has 1 aromatic heterocycles. The van der Waals surface area contributed by atoms with E-state index < -0.39 is 5.60 Å². The quantitative estimate of drug-likeness (QED) is 0.568. The molecule has 1 aliphatic rings. The number of aliphatic imine (C=N–C) groups is 1. The summed E-state index contributed by atoms with van der Waals surface area (Å²) in [7, 11) is 1.95. The molecule has 2 rings (SSSR count). The Morgan fingerprint density at radius 3 is 2.55 bits per heavy atom. The van der Waals surface area contributed by atoms with E-state index in [1.54, 1.807) is 0 Å². The van der Waals surface area contributed by atoms with Crippen LogP contribution in [0, 0.1) is 13.8 Å². The molecule has 1 fully saturated rings. The molecular weight excluding hydrogens is 278 g/mol. The average Bonchev–Trinajstić information content (AvgIpc) is 3.00. The molecule has 0 saturated heterocycles. The van der Waals surface area contributed by atoms with Crippen LogP contribution in [-0.4, -0.2) is 39.5 Å². The second-order valence-corrected chi connectivity index (χ2v) is 6.25. The second-order valence-electron chi connectivity index (χ2n) is 6.25. The van der Waals surface area contributed by atoms with Gasteiger partial charge in [0, 0.05) is 31.4 Å². The summed E-state index contributed by atoms with van der Waals surface area (Å²) in [6.45, 7) is 8.08. The number of hydrogen-bond acceptors (Lipinski definition) is 3. The van der Waals surface area contributed by atoms with Gasteiger partial charge in [-0.3, -0.25) is 4.68 Å². The summed E-state index contributed by atoms with van der Waals surface area (Å²) in [4.78, 5) is 4.64. The molecule has 0 atom stereocenters. The highest BCUT2D eigenvalue weighted by atomic mass is 16.3. The third kappa shape index (κ3) is 4.00. The van der Waals surface area contributed by atoms with Crippen LogP contribution >= 0.6 is 0 Å². The van der Waals surface area contributed by atoms with Gasteiger partial charge >= 0.3 is 0 Å². The predicted octanol–water partition coefficient (Wildman–Crippen LogP) is 1.40. The zero-order valence-corrected chi connectivity index (χ0v) is 14.2. The predicted molar refractivity (Wildman–Crippen MR) is 88.9 cm³/mol. The highest BCUT2D eigenvalue weighted by Gasteiger charge is 2.30. The van der Waals surface area contributed by atoms with Crippen LogP contribution in [-0.2, 0) is 13.6 Å². The van der Waals surface area contributed by atoms with Crippen LogP contribution in [0.15, 0.2) is 4.99 Å². The van der Waals surface area contributed by atoms with E-state index in [0.717, 1.165) is 49.6 Å². The van der Waals surface area contributed by atoms with E-state index in [9.17, 15) is 5.11 Å². The summed E-state index contributed by atoms with van der Waals surface area (Å²) >= 11 is 0. The monoisotopic (exact) mass is 307 g/mol.